The largest absolute Gasteiger partial charge is 0.510 e. The molecule has 0 spiro atoms. The number of aliphatic hydroxyl groups is 2. The maximum absolute atomic E-state index is 8.95. The van der Waals surface area contributed by atoms with Crippen molar-refractivity contribution in [3.63, 3.8) is 0 Å². The summed E-state index contributed by atoms with van der Waals surface area (Å²) in [5, 5.41) is 17.7. The van der Waals surface area contributed by atoms with Gasteiger partial charge < -0.3 is 14.9 Å². The molecule has 1 aliphatic heterocycles. The van der Waals surface area contributed by atoms with Gasteiger partial charge in [0.1, 0.15) is 12.4 Å². The van der Waals surface area contributed by atoms with Crippen molar-refractivity contribution < 1.29 is 14.9 Å². The Kier molecular flexibility index (Phi) is 2.29. The Morgan fingerprint density at radius 1 is 1.80 bits per heavy atom. The Labute approximate surface area is 59.9 Å². The standard InChI is InChI=1S/C7H12O3/c1-5-2-6(9)4-10-7(5)3-8/h2,5,7-9H,3-4H2,1H3/t5-,7+/m1/s1. The zero-order valence-electron chi connectivity index (χ0n) is 5.95. The van der Waals surface area contributed by atoms with Crippen molar-refractivity contribution in [2.75, 3.05) is 13.2 Å². The van der Waals surface area contributed by atoms with Crippen molar-refractivity contribution >= 4 is 0 Å². The lowest BCUT2D eigenvalue weighted by Gasteiger charge is -2.24. The summed E-state index contributed by atoms with van der Waals surface area (Å²) in [5.41, 5.74) is 0. The highest BCUT2D eigenvalue weighted by Gasteiger charge is 2.20. The lowest BCUT2D eigenvalue weighted by Crippen LogP contribution is -2.29. The molecule has 0 aromatic rings. The molecule has 1 aliphatic rings. The van der Waals surface area contributed by atoms with Crippen LogP contribution in [0.1, 0.15) is 6.92 Å². The molecule has 58 valence electrons. The minimum Gasteiger partial charge on any atom is -0.510 e. The molecular weight excluding hydrogens is 132 g/mol. The monoisotopic (exact) mass is 144 g/mol. The zero-order valence-corrected chi connectivity index (χ0v) is 5.95. The molecule has 0 aromatic heterocycles. The van der Waals surface area contributed by atoms with Gasteiger partial charge in [0.05, 0.1) is 12.7 Å². The second-order valence-corrected chi connectivity index (χ2v) is 2.55. The molecule has 0 radical (unpaired) electrons. The SMILES string of the molecule is C[C@@H]1C=C(O)CO[C@H]1CO. The van der Waals surface area contributed by atoms with Crippen molar-refractivity contribution in [3.05, 3.63) is 11.8 Å². The minimum atomic E-state index is -0.143. The summed E-state index contributed by atoms with van der Waals surface area (Å²) in [6, 6.07) is 0. The summed E-state index contributed by atoms with van der Waals surface area (Å²) in [7, 11) is 0. The topological polar surface area (TPSA) is 49.7 Å². The van der Waals surface area contributed by atoms with E-state index in [9.17, 15) is 0 Å². The summed E-state index contributed by atoms with van der Waals surface area (Å²) in [6.45, 7) is 2.15. The van der Waals surface area contributed by atoms with E-state index in [0.717, 1.165) is 0 Å². The first kappa shape index (κ1) is 7.57. The highest BCUT2D eigenvalue weighted by atomic mass is 16.5. The van der Waals surface area contributed by atoms with Gasteiger partial charge in [0.25, 0.3) is 0 Å². The fourth-order valence-electron chi connectivity index (χ4n) is 1.02. The molecule has 1 heterocycles. The molecule has 3 heteroatoms. The smallest absolute Gasteiger partial charge is 0.114 e. The number of ether oxygens (including phenoxy) is 1. The van der Waals surface area contributed by atoms with Crippen molar-refractivity contribution in [2.45, 2.75) is 13.0 Å². The van der Waals surface area contributed by atoms with E-state index in [1.165, 1.54) is 0 Å². The van der Waals surface area contributed by atoms with E-state index in [1.54, 1.807) is 6.08 Å². The maximum atomic E-state index is 8.95. The van der Waals surface area contributed by atoms with Crippen molar-refractivity contribution in [3.8, 4) is 0 Å². The first-order chi connectivity index (χ1) is 4.74. The van der Waals surface area contributed by atoms with Crippen molar-refractivity contribution in [2.24, 2.45) is 5.92 Å². The van der Waals surface area contributed by atoms with E-state index in [0.29, 0.717) is 0 Å². The van der Waals surface area contributed by atoms with Crippen LogP contribution in [0, 0.1) is 5.92 Å². The average molecular weight is 144 g/mol. The third-order valence-corrected chi connectivity index (χ3v) is 1.67. The number of hydrogen-bond donors (Lipinski definition) is 2. The van der Waals surface area contributed by atoms with Crippen LogP contribution < -0.4 is 0 Å². The number of hydrogen-bond acceptors (Lipinski definition) is 3. The molecular formula is C7H12O3. The summed E-state index contributed by atoms with van der Waals surface area (Å²) in [5.74, 6) is 0.371. The fraction of sp³-hybridized carbons (Fsp3) is 0.714. The van der Waals surface area contributed by atoms with Crippen LogP contribution in [0.3, 0.4) is 0 Å². The molecule has 0 aromatic carbocycles. The van der Waals surface area contributed by atoms with Gasteiger partial charge in [-0.1, -0.05) is 6.92 Å². The van der Waals surface area contributed by atoms with Crippen LogP contribution in [-0.4, -0.2) is 29.5 Å². The van der Waals surface area contributed by atoms with Crippen LogP contribution in [0.2, 0.25) is 0 Å². The van der Waals surface area contributed by atoms with Gasteiger partial charge in [0.2, 0.25) is 0 Å². The lowest BCUT2D eigenvalue weighted by atomic mass is 10.0. The molecule has 2 atom stereocenters. The van der Waals surface area contributed by atoms with Gasteiger partial charge >= 0.3 is 0 Å². The third-order valence-electron chi connectivity index (χ3n) is 1.67. The fourth-order valence-corrected chi connectivity index (χ4v) is 1.02. The molecule has 0 saturated carbocycles. The normalized spacial score (nSPS) is 33.6. The van der Waals surface area contributed by atoms with Gasteiger partial charge in [-0.3, -0.25) is 0 Å². The van der Waals surface area contributed by atoms with Crippen LogP contribution in [0.4, 0.5) is 0 Å². The highest BCUT2D eigenvalue weighted by molar-refractivity contribution is 5.00. The van der Waals surface area contributed by atoms with E-state index in [4.69, 9.17) is 14.9 Å². The summed E-state index contributed by atoms with van der Waals surface area (Å²) in [4.78, 5) is 0. The molecule has 2 N–H and O–H groups in total. The molecule has 0 amide bonds. The van der Waals surface area contributed by atoms with Gasteiger partial charge in [-0.2, -0.15) is 0 Å². The van der Waals surface area contributed by atoms with Crippen molar-refractivity contribution in [1.82, 2.24) is 0 Å². The van der Waals surface area contributed by atoms with E-state index >= 15 is 0 Å². The molecule has 10 heavy (non-hydrogen) atoms. The first-order valence-corrected chi connectivity index (χ1v) is 3.36. The predicted octanol–water partition coefficient (Wildman–Crippen LogP) is 0.456. The summed E-state index contributed by atoms with van der Waals surface area (Å²) in [6.07, 6.45) is 1.57. The summed E-state index contributed by atoms with van der Waals surface area (Å²) < 4.78 is 5.08. The van der Waals surface area contributed by atoms with E-state index in [2.05, 4.69) is 0 Å². The van der Waals surface area contributed by atoms with E-state index in [1.807, 2.05) is 6.92 Å². The Hall–Kier alpha value is -0.540. The van der Waals surface area contributed by atoms with Gasteiger partial charge in [0.15, 0.2) is 0 Å². The Morgan fingerprint density at radius 3 is 3.00 bits per heavy atom. The van der Waals surface area contributed by atoms with Crippen molar-refractivity contribution in [1.29, 1.82) is 0 Å². The second kappa shape index (κ2) is 3.03. The van der Waals surface area contributed by atoms with Gasteiger partial charge in [0, 0.05) is 5.92 Å². The van der Waals surface area contributed by atoms with Crippen LogP contribution in [0.5, 0.6) is 0 Å². The van der Waals surface area contributed by atoms with Gasteiger partial charge in [-0.25, -0.2) is 0 Å². The molecule has 0 aliphatic carbocycles. The van der Waals surface area contributed by atoms with Gasteiger partial charge in [-0.05, 0) is 6.08 Å². The summed E-state index contributed by atoms with van der Waals surface area (Å²) >= 11 is 0. The lowest BCUT2D eigenvalue weighted by molar-refractivity contribution is -0.0196. The predicted molar refractivity (Wildman–Crippen MR) is 36.7 cm³/mol. The minimum absolute atomic E-state index is 0.0188. The molecule has 3 nitrogen and oxygen atoms in total. The average Bonchev–Trinajstić information content (AvgIpc) is 1.88. The highest BCUT2D eigenvalue weighted by Crippen LogP contribution is 2.16. The first-order valence-electron chi connectivity index (χ1n) is 3.36. The van der Waals surface area contributed by atoms with Crippen LogP contribution in [-0.2, 0) is 4.74 Å². The Bertz CT molecular complexity index is 142. The number of rotatable bonds is 1. The molecule has 0 unspecified atom stereocenters. The molecule has 0 fully saturated rings. The second-order valence-electron chi connectivity index (χ2n) is 2.55. The van der Waals surface area contributed by atoms with Gasteiger partial charge in [-0.15, -0.1) is 0 Å². The molecule has 1 rings (SSSR count). The van der Waals surface area contributed by atoms with E-state index < -0.39 is 0 Å². The zero-order chi connectivity index (χ0) is 7.56. The maximum Gasteiger partial charge on any atom is 0.114 e. The number of aliphatic hydroxyl groups excluding tert-OH is 2. The Balaban J connectivity index is 2.55. The van der Waals surface area contributed by atoms with Crippen LogP contribution >= 0.6 is 0 Å². The quantitative estimate of drug-likeness (QED) is 0.562. The molecule has 0 saturated heterocycles. The third kappa shape index (κ3) is 1.49. The van der Waals surface area contributed by atoms with Crippen LogP contribution in [0.25, 0.3) is 0 Å². The van der Waals surface area contributed by atoms with Crippen LogP contribution in [0.15, 0.2) is 11.8 Å². The molecule has 0 bridgehead atoms. The Morgan fingerprint density at radius 2 is 2.50 bits per heavy atom. The van der Waals surface area contributed by atoms with E-state index in [-0.39, 0.29) is 31.0 Å².